The highest BCUT2D eigenvalue weighted by Crippen LogP contribution is 2.24. The summed E-state index contributed by atoms with van der Waals surface area (Å²) in [6.45, 7) is 3.40. The Morgan fingerprint density at radius 2 is 2.33 bits per heavy atom. The molecule has 0 saturated heterocycles. The number of carbonyl (C=O) groups excluding carboxylic acids is 1. The Kier molecular flexibility index (Phi) is 3.39. The van der Waals surface area contributed by atoms with Gasteiger partial charge in [-0.2, -0.15) is 0 Å². The van der Waals surface area contributed by atoms with E-state index in [4.69, 9.17) is 4.74 Å². The Hall–Kier alpha value is -2.69. The highest BCUT2D eigenvalue weighted by atomic mass is 19.1. The standard InChI is InChI=1S/C16H13FN2O2/c1-2-15(20)18-12-6-7-14-13(9-12)19-16(21-14)10-4-3-5-11(17)8-10/h2-9,13-14H,1H2,(H,18,20)/t13-,14-/m1/s1. The topological polar surface area (TPSA) is 50.7 Å². The first-order valence-corrected chi connectivity index (χ1v) is 6.49. The first-order valence-electron chi connectivity index (χ1n) is 6.49. The van der Waals surface area contributed by atoms with E-state index >= 15 is 0 Å². The van der Waals surface area contributed by atoms with Gasteiger partial charge >= 0.3 is 0 Å². The van der Waals surface area contributed by atoms with Crippen LogP contribution in [0.3, 0.4) is 0 Å². The van der Waals surface area contributed by atoms with Crippen molar-refractivity contribution in [1.82, 2.24) is 5.32 Å². The number of hydrogen-bond donors (Lipinski definition) is 1. The van der Waals surface area contributed by atoms with Gasteiger partial charge in [0.2, 0.25) is 11.8 Å². The molecule has 1 N–H and O–H groups in total. The Labute approximate surface area is 121 Å². The fourth-order valence-corrected chi connectivity index (χ4v) is 2.20. The van der Waals surface area contributed by atoms with E-state index in [2.05, 4.69) is 16.9 Å². The second-order valence-corrected chi connectivity index (χ2v) is 4.69. The van der Waals surface area contributed by atoms with Gasteiger partial charge in [-0.05, 0) is 42.5 Å². The first-order chi connectivity index (χ1) is 10.2. The van der Waals surface area contributed by atoms with Gasteiger partial charge in [-0.25, -0.2) is 9.38 Å². The second-order valence-electron chi connectivity index (χ2n) is 4.69. The summed E-state index contributed by atoms with van der Waals surface area (Å²) in [5.41, 5.74) is 1.25. The maximum Gasteiger partial charge on any atom is 0.247 e. The number of ether oxygens (including phenoxy) is 1. The fourth-order valence-electron chi connectivity index (χ4n) is 2.20. The molecule has 1 aromatic rings. The second kappa shape index (κ2) is 5.36. The molecule has 0 saturated carbocycles. The van der Waals surface area contributed by atoms with Crippen molar-refractivity contribution < 1.29 is 13.9 Å². The molecule has 0 spiro atoms. The van der Waals surface area contributed by atoms with Crippen molar-refractivity contribution in [2.24, 2.45) is 4.99 Å². The summed E-state index contributed by atoms with van der Waals surface area (Å²) in [7, 11) is 0. The Morgan fingerprint density at radius 1 is 1.48 bits per heavy atom. The van der Waals surface area contributed by atoms with E-state index in [-0.39, 0.29) is 23.9 Å². The SMILES string of the molecule is C=CC(=O)NC1=C[C@H]2N=C(c3cccc(F)c3)O[C@@H]2C=C1. The monoisotopic (exact) mass is 284 g/mol. The summed E-state index contributed by atoms with van der Waals surface area (Å²) in [4.78, 5) is 15.7. The van der Waals surface area contributed by atoms with Crippen molar-refractivity contribution in [2.75, 3.05) is 0 Å². The minimum absolute atomic E-state index is 0.228. The molecule has 0 fully saturated rings. The third-order valence-corrected chi connectivity index (χ3v) is 3.19. The predicted octanol–water partition coefficient (Wildman–Crippen LogP) is 2.10. The van der Waals surface area contributed by atoms with Crippen LogP contribution in [-0.2, 0) is 9.53 Å². The van der Waals surface area contributed by atoms with Crippen LogP contribution in [0, 0.1) is 5.82 Å². The number of carbonyl (C=O) groups is 1. The molecule has 3 rings (SSSR count). The molecule has 2 aliphatic rings. The largest absolute Gasteiger partial charge is 0.467 e. The molecule has 4 nitrogen and oxygen atoms in total. The molecule has 0 unspecified atom stereocenters. The van der Waals surface area contributed by atoms with Gasteiger partial charge in [0.05, 0.1) is 0 Å². The number of rotatable bonds is 3. The van der Waals surface area contributed by atoms with Gasteiger partial charge in [0, 0.05) is 11.3 Å². The summed E-state index contributed by atoms with van der Waals surface area (Å²) in [6, 6.07) is 5.87. The van der Waals surface area contributed by atoms with Gasteiger partial charge < -0.3 is 10.1 Å². The molecule has 1 amide bonds. The van der Waals surface area contributed by atoms with Crippen LogP contribution in [0.4, 0.5) is 4.39 Å². The number of nitrogens with one attached hydrogen (secondary N) is 1. The number of fused-ring (bicyclic) bond motifs is 1. The van der Waals surface area contributed by atoms with E-state index in [0.29, 0.717) is 17.2 Å². The summed E-state index contributed by atoms with van der Waals surface area (Å²) in [5, 5.41) is 2.68. The van der Waals surface area contributed by atoms with Gasteiger partial charge in [-0.1, -0.05) is 12.6 Å². The van der Waals surface area contributed by atoms with Crippen LogP contribution in [0.5, 0.6) is 0 Å². The summed E-state index contributed by atoms with van der Waals surface area (Å²) >= 11 is 0. The lowest BCUT2D eigenvalue weighted by molar-refractivity contribution is -0.115. The van der Waals surface area contributed by atoms with E-state index in [1.807, 2.05) is 6.08 Å². The normalized spacial score (nSPS) is 22.7. The molecule has 5 heteroatoms. The van der Waals surface area contributed by atoms with Crippen molar-refractivity contribution in [3.8, 4) is 0 Å². The Balaban J connectivity index is 1.81. The number of benzene rings is 1. The summed E-state index contributed by atoms with van der Waals surface area (Å²) < 4.78 is 18.9. The zero-order valence-corrected chi connectivity index (χ0v) is 11.1. The number of amides is 1. The van der Waals surface area contributed by atoms with E-state index in [0.717, 1.165) is 0 Å². The lowest BCUT2D eigenvalue weighted by atomic mass is 10.1. The summed E-state index contributed by atoms with van der Waals surface area (Å²) in [5.74, 6) is -0.210. The quantitative estimate of drug-likeness (QED) is 0.864. The molecule has 0 radical (unpaired) electrons. The van der Waals surface area contributed by atoms with E-state index in [1.54, 1.807) is 24.3 Å². The fraction of sp³-hybridized carbons (Fsp3) is 0.125. The maximum atomic E-state index is 13.2. The highest BCUT2D eigenvalue weighted by Gasteiger charge is 2.30. The number of aliphatic imine (C=N–C) groups is 1. The van der Waals surface area contributed by atoms with Crippen LogP contribution >= 0.6 is 0 Å². The van der Waals surface area contributed by atoms with Crippen LogP contribution in [0.25, 0.3) is 0 Å². The van der Waals surface area contributed by atoms with Gasteiger partial charge in [0.15, 0.2) is 0 Å². The van der Waals surface area contributed by atoms with Crippen LogP contribution < -0.4 is 5.32 Å². The van der Waals surface area contributed by atoms with Gasteiger partial charge in [0.25, 0.3) is 0 Å². The lowest BCUT2D eigenvalue weighted by Gasteiger charge is -2.16. The van der Waals surface area contributed by atoms with E-state index in [9.17, 15) is 9.18 Å². The zero-order chi connectivity index (χ0) is 14.8. The number of allylic oxidation sites excluding steroid dienone is 1. The molecule has 2 atom stereocenters. The van der Waals surface area contributed by atoms with Crippen molar-refractivity contribution in [3.05, 3.63) is 72.2 Å². The molecule has 106 valence electrons. The van der Waals surface area contributed by atoms with Gasteiger partial charge in [-0.15, -0.1) is 0 Å². The van der Waals surface area contributed by atoms with Crippen LogP contribution in [0.2, 0.25) is 0 Å². The van der Waals surface area contributed by atoms with Crippen molar-refractivity contribution in [1.29, 1.82) is 0 Å². The molecule has 21 heavy (non-hydrogen) atoms. The predicted molar refractivity (Wildman–Crippen MR) is 77.2 cm³/mol. The molecule has 0 aromatic heterocycles. The van der Waals surface area contributed by atoms with Gasteiger partial charge in [0.1, 0.15) is 18.0 Å². The number of halogens is 1. The first kappa shape index (κ1) is 13.3. The minimum Gasteiger partial charge on any atom is -0.467 e. The number of nitrogens with zero attached hydrogens (tertiary/aromatic N) is 1. The minimum atomic E-state index is -0.335. The Morgan fingerprint density at radius 3 is 3.10 bits per heavy atom. The molecule has 0 bridgehead atoms. The highest BCUT2D eigenvalue weighted by molar-refractivity contribution is 5.96. The third-order valence-electron chi connectivity index (χ3n) is 3.19. The average Bonchev–Trinajstić information content (AvgIpc) is 2.90. The van der Waals surface area contributed by atoms with E-state index in [1.165, 1.54) is 18.2 Å². The van der Waals surface area contributed by atoms with Crippen LogP contribution in [0.15, 0.2) is 65.8 Å². The lowest BCUT2D eigenvalue weighted by Crippen LogP contribution is -2.27. The average molecular weight is 284 g/mol. The van der Waals surface area contributed by atoms with E-state index < -0.39 is 0 Å². The van der Waals surface area contributed by atoms with Crippen LogP contribution in [-0.4, -0.2) is 24.0 Å². The molecular weight excluding hydrogens is 271 g/mol. The third kappa shape index (κ3) is 2.76. The van der Waals surface area contributed by atoms with Crippen LogP contribution in [0.1, 0.15) is 5.56 Å². The molecule has 1 aromatic carbocycles. The maximum absolute atomic E-state index is 13.2. The van der Waals surface area contributed by atoms with Crippen molar-refractivity contribution in [3.63, 3.8) is 0 Å². The molecular formula is C16H13FN2O2. The van der Waals surface area contributed by atoms with Gasteiger partial charge in [-0.3, -0.25) is 4.79 Å². The molecule has 1 aliphatic heterocycles. The Bertz CT molecular complexity index is 691. The molecule has 1 heterocycles. The smallest absolute Gasteiger partial charge is 0.247 e. The number of hydrogen-bond acceptors (Lipinski definition) is 3. The van der Waals surface area contributed by atoms with Crippen molar-refractivity contribution in [2.45, 2.75) is 12.1 Å². The molecule has 1 aliphatic carbocycles. The summed E-state index contributed by atoms with van der Waals surface area (Å²) in [6.07, 6.45) is 6.35. The van der Waals surface area contributed by atoms with Crippen molar-refractivity contribution >= 4 is 11.8 Å². The zero-order valence-electron chi connectivity index (χ0n) is 11.1.